The SMILES string of the molecule is Cc1cccc(OCCCCn2c(CCNC(=O)C(C)C)nc3ccccc32)c1. The summed E-state index contributed by atoms with van der Waals surface area (Å²) in [7, 11) is 0. The minimum absolute atomic E-state index is 0.00205. The predicted octanol–water partition coefficient (Wildman–Crippen LogP) is 4.52. The summed E-state index contributed by atoms with van der Waals surface area (Å²) in [6.45, 7) is 8.09. The molecule has 0 radical (unpaired) electrons. The molecule has 0 fully saturated rings. The first kappa shape index (κ1) is 20.9. The van der Waals surface area contributed by atoms with Gasteiger partial charge in [-0.3, -0.25) is 4.79 Å². The van der Waals surface area contributed by atoms with Crippen LogP contribution in [-0.4, -0.2) is 28.6 Å². The zero-order valence-electron chi connectivity index (χ0n) is 17.6. The Labute approximate surface area is 173 Å². The van der Waals surface area contributed by atoms with Crippen LogP contribution in [0.25, 0.3) is 11.0 Å². The topological polar surface area (TPSA) is 56.1 Å². The second-order valence-electron chi connectivity index (χ2n) is 7.74. The number of unbranched alkanes of at least 4 members (excludes halogenated alkanes) is 1. The van der Waals surface area contributed by atoms with E-state index in [9.17, 15) is 4.79 Å². The van der Waals surface area contributed by atoms with E-state index in [0.717, 1.165) is 48.4 Å². The first-order valence-corrected chi connectivity index (χ1v) is 10.5. The van der Waals surface area contributed by atoms with Crippen LogP contribution in [-0.2, 0) is 17.8 Å². The molecule has 154 valence electrons. The van der Waals surface area contributed by atoms with E-state index in [1.807, 2.05) is 44.2 Å². The molecule has 2 aromatic carbocycles. The molecular formula is C24H31N3O2. The van der Waals surface area contributed by atoms with E-state index in [1.165, 1.54) is 5.56 Å². The number of ether oxygens (including phenoxy) is 1. The molecule has 0 saturated heterocycles. The van der Waals surface area contributed by atoms with E-state index < -0.39 is 0 Å². The van der Waals surface area contributed by atoms with Gasteiger partial charge in [0.15, 0.2) is 0 Å². The van der Waals surface area contributed by atoms with E-state index in [0.29, 0.717) is 13.2 Å². The van der Waals surface area contributed by atoms with Gasteiger partial charge in [0.05, 0.1) is 17.6 Å². The summed E-state index contributed by atoms with van der Waals surface area (Å²) in [6.07, 6.45) is 2.72. The van der Waals surface area contributed by atoms with Gasteiger partial charge in [-0.15, -0.1) is 0 Å². The van der Waals surface area contributed by atoms with Crippen molar-refractivity contribution in [1.29, 1.82) is 0 Å². The summed E-state index contributed by atoms with van der Waals surface area (Å²) >= 11 is 0. The largest absolute Gasteiger partial charge is 0.494 e. The van der Waals surface area contributed by atoms with Crippen LogP contribution in [0.3, 0.4) is 0 Å². The number of hydrogen-bond acceptors (Lipinski definition) is 3. The van der Waals surface area contributed by atoms with Crippen LogP contribution < -0.4 is 10.1 Å². The maximum absolute atomic E-state index is 11.8. The number of benzene rings is 2. The van der Waals surface area contributed by atoms with Crippen molar-refractivity contribution in [2.45, 2.75) is 46.6 Å². The summed E-state index contributed by atoms with van der Waals surface area (Å²) in [5.74, 6) is 2.04. The molecule has 29 heavy (non-hydrogen) atoms. The van der Waals surface area contributed by atoms with Crippen LogP contribution in [0, 0.1) is 12.8 Å². The molecule has 0 bridgehead atoms. The summed E-state index contributed by atoms with van der Waals surface area (Å²) < 4.78 is 8.15. The van der Waals surface area contributed by atoms with Crippen molar-refractivity contribution in [2.75, 3.05) is 13.2 Å². The molecule has 0 aliphatic carbocycles. The standard InChI is InChI=1S/C24H31N3O2/c1-18(2)24(28)25-14-13-23-26-21-11-4-5-12-22(21)27(23)15-6-7-16-29-20-10-8-9-19(3)17-20/h4-5,8-12,17-18H,6-7,13-16H2,1-3H3,(H,25,28). The van der Waals surface area contributed by atoms with Crippen LogP contribution in [0.4, 0.5) is 0 Å². The average Bonchev–Trinajstić information content (AvgIpc) is 3.05. The molecule has 0 unspecified atom stereocenters. The van der Waals surface area contributed by atoms with Crippen LogP contribution in [0.15, 0.2) is 48.5 Å². The van der Waals surface area contributed by atoms with Crippen LogP contribution in [0.1, 0.15) is 38.1 Å². The molecule has 3 aromatic rings. The highest BCUT2D eigenvalue weighted by Gasteiger charge is 2.11. The molecule has 1 N–H and O–H groups in total. The normalized spacial score (nSPS) is 11.2. The van der Waals surface area contributed by atoms with Gasteiger partial charge in [-0.2, -0.15) is 0 Å². The minimum atomic E-state index is 0.00205. The zero-order chi connectivity index (χ0) is 20.6. The quantitative estimate of drug-likeness (QED) is 0.515. The Morgan fingerprint density at radius 1 is 1.14 bits per heavy atom. The van der Waals surface area contributed by atoms with Crippen molar-refractivity contribution >= 4 is 16.9 Å². The lowest BCUT2D eigenvalue weighted by Gasteiger charge is -2.11. The second-order valence-corrected chi connectivity index (χ2v) is 7.74. The van der Waals surface area contributed by atoms with Crippen LogP contribution >= 0.6 is 0 Å². The molecule has 3 rings (SSSR count). The highest BCUT2D eigenvalue weighted by molar-refractivity contribution is 5.78. The highest BCUT2D eigenvalue weighted by Crippen LogP contribution is 2.18. The number of rotatable bonds is 10. The Balaban J connectivity index is 1.56. The lowest BCUT2D eigenvalue weighted by atomic mass is 10.2. The molecule has 1 heterocycles. The monoisotopic (exact) mass is 393 g/mol. The molecule has 0 spiro atoms. The van der Waals surface area contributed by atoms with Gasteiger partial charge in [-0.1, -0.05) is 38.1 Å². The molecule has 0 aliphatic rings. The third-order valence-corrected chi connectivity index (χ3v) is 4.94. The van der Waals surface area contributed by atoms with E-state index >= 15 is 0 Å². The minimum Gasteiger partial charge on any atom is -0.494 e. The van der Waals surface area contributed by atoms with Crippen molar-refractivity contribution in [3.63, 3.8) is 0 Å². The fourth-order valence-electron chi connectivity index (χ4n) is 3.33. The van der Waals surface area contributed by atoms with E-state index in [1.54, 1.807) is 0 Å². The van der Waals surface area contributed by atoms with E-state index in [4.69, 9.17) is 9.72 Å². The number of para-hydroxylation sites is 2. The number of amides is 1. The number of hydrogen-bond donors (Lipinski definition) is 1. The Morgan fingerprint density at radius 3 is 2.76 bits per heavy atom. The molecule has 5 heteroatoms. The van der Waals surface area contributed by atoms with Gasteiger partial charge in [0, 0.05) is 25.4 Å². The number of carbonyl (C=O) groups excluding carboxylic acids is 1. The summed E-state index contributed by atoms with van der Waals surface area (Å²) in [5.41, 5.74) is 3.37. The van der Waals surface area contributed by atoms with Crippen molar-refractivity contribution in [3.05, 3.63) is 59.9 Å². The van der Waals surface area contributed by atoms with E-state index in [-0.39, 0.29) is 11.8 Å². The Kier molecular flexibility index (Phi) is 7.28. The van der Waals surface area contributed by atoms with Gasteiger partial charge in [0.2, 0.25) is 5.91 Å². The Hall–Kier alpha value is -2.82. The lowest BCUT2D eigenvalue weighted by Crippen LogP contribution is -2.30. The molecule has 1 aromatic heterocycles. The number of fused-ring (bicyclic) bond motifs is 1. The zero-order valence-corrected chi connectivity index (χ0v) is 17.6. The summed E-state index contributed by atoms with van der Waals surface area (Å²) in [6, 6.07) is 16.4. The van der Waals surface area contributed by atoms with Gasteiger partial charge in [0.1, 0.15) is 11.6 Å². The van der Waals surface area contributed by atoms with Gasteiger partial charge in [0.25, 0.3) is 0 Å². The van der Waals surface area contributed by atoms with Gasteiger partial charge < -0.3 is 14.6 Å². The number of aryl methyl sites for hydroxylation is 2. The van der Waals surface area contributed by atoms with Crippen molar-refractivity contribution in [2.24, 2.45) is 5.92 Å². The summed E-state index contributed by atoms with van der Waals surface area (Å²) in [4.78, 5) is 16.6. The average molecular weight is 394 g/mol. The van der Waals surface area contributed by atoms with Crippen molar-refractivity contribution in [1.82, 2.24) is 14.9 Å². The molecule has 5 nitrogen and oxygen atoms in total. The second kappa shape index (κ2) is 10.1. The van der Waals surface area contributed by atoms with E-state index in [2.05, 4.69) is 35.0 Å². The first-order chi connectivity index (χ1) is 14.0. The Morgan fingerprint density at radius 2 is 1.97 bits per heavy atom. The first-order valence-electron chi connectivity index (χ1n) is 10.5. The molecule has 0 aliphatic heterocycles. The highest BCUT2D eigenvalue weighted by atomic mass is 16.5. The maximum Gasteiger partial charge on any atom is 0.222 e. The Bertz CT molecular complexity index is 946. The van der Waals surface area contributed by atoms with Gasteiger partial charge >= 0.3 is 0 Å². The van der Waals surface area contributed by atoms with Gasteiger partial charge in [-0.25, -0.2) is 4.98 Å². The smallest absolute Gasteiger partial charge is 0.222 e. The molecule has 0 saturated carbocycles. The third kappa shape index (κ3) is 5.83. The predicted molar refractivity (Wildman–Crippen MR) is 117 cm³/mol. The third-order valence-electron chi connectivity index (χ3n) is 4.94. The van der Waals surface area contributed by atoms with Crippen LogP contribution in [0.2, 0.25) is 0 Å². The number of carbonyl (C=O) groups is 1. The van der Waals surface area contributed by atoms with Crippen molar-refractivity contribution in [3.8, 4) is 5.75 Å². The fourth-order valence-corrected chi connectivity index (χ4v) is 3.33. The van der Waals surface area contributed by atoms with Gasteiger partial charge in [-0.05, 0) is 49.6 Å². The molecular weight excluding hydrogens is 362 g/mol. The molecule has 0 atom stereocenters. The number of nitrogens with one attached hydrogen (secondary N) is 1. The lowest BCUT2D eigenvalue weighted by molar-refractivity contribution is -0.123. The fraction of sp³-hybridized carbons (Fsp3) is 0.417. The maximum atomic E-state index is 11.8. The summed E-state index contributed by atoms with van der Waals surface area (Å²) in [5, 5.41) is 2.99. The van der Waals surface area contributed by atoms with Crippen molar-refractivity contribution < 1.29 is 9.53 Å². The molecule has 1 amide bonds. The number of aromatic nitrogens is 2. The van der Waals surface area contributed by atoms with Crippen LogP contribution in [0.5, 0.6) is 5.75 Å². The number of imidazole rings is 1. The number of nitrogens with zero attached hydrogens (tertiary/aromatic N) is 2.